The number of nitrogens with zero attached hydrogens (tertiary/aromatic N) is 3. The first kappa shape index (κ1) is 31.3. The number of rotatable bonds is 11. The molecule has 1 heterocycles. The normalized spacial score (nSPS) is 11.2. The van der Waals surface area contributed by atoms with E-state index in [-0.39, 0.29) is 5.91 Å². The minimum Gasteiger partial charge on any atom is -0.492 e. The molecule has 0 fully saturated rings. The van der Waals surface area contributed by atoms with Crippen LogP contribution in [0.2, 0.25) is 0 Å². The number of pyridine rings is 1. The van der Waals surface area contributed by atoms with E-state index in [0.29, 0.717) is 36.5 Å². The van der Waals surface area contributed by atoms with Gasteiger partial charge in [-0.2, -0.15) is 0 Å². The molecule has 8 heteroatoms. The van der Waals surface area contributed by atoms with Crippen LogP contribution in [-0.2, 0) is 11.2 Å². The molecule has 1 N–H and O–H groups in total. The van der Waals surface area contributed by atoms with Gasteiger partial charge in [0.05, 0.1) is 0 Å². The topological polar surface area (TPSA) is 84.0 Å². The Morgan fingerprint density at radius 3 is 2.19 bits per heavy atom. The van der Waals surface area contributed by atoms with Crippen LogP contribution in [0.5, 0.6) is 5.75 Å². The number of hydrogen-bond donors (Lipinski definition) is 1. The van der Waals surface area contributed by atoms with E-state index in [2.05, 4.69) is 15.2 Å². The van der Waals surface area contributed by atoms with Crippen LogP contribution in [0.1, 0.15) is 36.8 Å². The quantitative estimate of drug-likeness (QED) is 0.207. The van der Waals surface area contributed by atoms with E-state index in [0.717, 1.165) is 29.1 Å². The molecule has 0 atom stereocenters. The molecule has 0 aliphatic rings. The Balaban J connectivity index is 1.47. The summed E-state index contributed by atoms with van der Waals surface area (Å²) in [7, 11) is 4.01. The second kappa shape index (κ2) is 14.5. The van der Waals surface area contributed by atoms with Crippen LogP contribution in [0, 0.1) is 0 Å². The van der Waals surface area contributed by atoms with E-state index < -0.39 is 11.7 Å². The molecule has 2 amide bonds. The summed E-state index contributed by atoms with van der Waals surface area (Å²) in [6.45, 7) is 7.34. The number of benzene rings is 3. The molecule has 8 nitrogen and oxygen atoms in total. The molecular formula is C35H40N4O4. The molecule has 0 aliphatic carbocycles. The SMILES string of the molecule is CN(C)CCOc1ccc(-c2ccccc2C(=O)Nc2ccc(N(CCc3ccccn3)C(=O)OC(C)(C)C)cc2)cc1. The Hall–Kier alpha value is -4.69. The number of nitrogens with one attached hydrogen (secondary N) is 1. The standard InChI is InChI=1S/C35H40N4O4/c1-35(2,3)43-34(41)39(23-21-27-10-8-9-22-36-27)29-17-15-28(16-18-29)37-33(40)32-12-7-6-11-31(32)26-13-19-30(20-14-26)42-25-24-38(4)5/h6-20,22H,21,23-25H2,1-5H3,(H,37,40). The highest BCUT2D eigenvalue weighted by atomic mass is 16.6. The van der Waals surface area contributed by atoms with E-state index in [1.165, 1.54) is 0 Å². The van der Waals surface area contributed by atoms with E-state index in [4.69, 9.17) is 9.47 Å². The van der Waals surface area contributed by atoms with Crippen molar-refractivity contribution in [2.24, 2.45) is 0 Å². The summed E-state index contributed by atoms with van der Waals surface area (Å²) in [5.41, 5.74) is 3.81. The summed E-state index contributed by atoms with van der Waals surface area (Å²) in [6, 6.07) is 28.2. The van der Waals surface area contributed by atoms with Gasteiger partial charge in [-0.15, -0.1) is 0 Å². The number of aromatic nitrogens is 1. The summed E-state index contributed by atoms with van der Waals surface area (Å²) < 4.78 is 11.5. The lowest BCUT2D eigenvalue weighted by Crippen LogP contribution is -2.38. The first-order valence-electron chi connectivity index (χ1n) is 14.4. The number of carbonyl (C=O) groups is 2. The average Bonchev–Trinajstić information content (AvgIpc) is 2.98. The lowest BCUT2D eigenvalue weighted by atomic mass is 9.99. The Bertz CT molecular complexity index is 1480. The monoisotopic (exact) mass is 580 g/mol. The van der Waals surface area contributed by atoms with Crippen molar-refractivity contribution in [3.05, 3.63) is 108 Å². The summed E-state index contributed by atoms with van der Waals surface area (Å²) in [5, 5.41) is 3.00. The highest BCUT2D eigenvalue weighted by Gasteiger charge is 2.24. The fourth-order valence-electron chi connectivity index (χ4n) is 4.35. The number of likely N-dealkylation sites (N-methyl/N-ethyl adjacent to an activating group) is 1. The number of anilines is 2. The third-order valence-corrected chi connectivity index (χ3v) is 6.51. The third kappa shape index (κ3) is 9.41. The Morgan fingerprint density at radius 2 is 1.53 bits per heavy atom. The maximum atomic E-state index is 13.4. The lowest BCUT2D eigenvalue weighted by molar-refractivity contribution is 0.0580. The van der Waals surface area contributed by atoms with Gasteiger partial charge in [-0.1, -0.05) is 36.4 Å². The van der Waals surface area contributed by atoms with Gasteiger partial charge in [-0.25, -0.2) is 4.79 Å². The smallest absolute Gasteiger partial charge is 0.414 e. The van der Waals surface area contributed by atoms with E-state index >= 15 is 0 Å². The molecule has 4 aromatic rings. The highest BCUT2D eigenvalue weighted by Crippen LogP contribution is 2.27. The number of hydrogen-bond acceptors (Lipinski definition) is 6. The van der Waals surface area contributed by atoms with E-state index in [1.54, 1.807) is 35.4 Å². The maximum absolute atomic E-state index is 13.4. The highest BCUT2D eigenvalue weighted by molar-refractivity contribution is 6.08. The van der Waals surface area contributed by atoms with Gasteiger partial charge in [0.15, 0.2) is 0 Å². The van der Waals surface area contributed by atoms with Crippen molar-refractivity contribution in [1.29, 1.82) is 0 Å². The van der Waals surface area contributed by atoms with Crippen LogP contribution < -0.4 is 15.0 Å². The van der Waals surface area contributed by atoms with Crippen molar-refractivity contribution in [1.82, 2.24) is 9.88 Å². The molecule has 0 saturated heterocycles. The predicted molar refractivity (Wildman–Crippen MR) is 172 cm³/mol. The summed E-state index contributed by atoms with van der Waals surface area (Å²) in [6.07, 6.45) is 1.86. The largest absolute Gasteiger partial charge is 0.492 e. The van der Waals surface area contributed by atoms with Crippen molar-refractivity contribution in [3.63, 3.8) is 0 Å². The zero-order chi connectivity index (χ0) is 30.8. The second-order valence-electron chi connectivity index (χ2n) is 11.4. The molecule has 0 saturated carbocycles. The summed E-state index contributed by atoms with van der Waals surface area (Å²) in [5.74, 6) is 0.557. The van der Waals surface area contributed by atoms with Crippen molar-refractivity contribution in [2.45, 2.75) is 32.8 Å². The zero-order valence-corrected chi connectivity index (χ0v) is 25.5. The van der Waals surface area contributed by atoms with Crippen molar-refractivity contribution < 1.29 is 19.1 Å². The van der Waals surface area contributed by atoms with Crippen LogP contribution in [0.15, 0.2) is 97.2 Å². The van der Waals surface area contributed by atoms with Gasteiger partial charge in [0, 0.05) is 48.3 Å². The van der Waals surface area contributed by atoms with Crippen LogP contribution in [0.4, 0.5) is 16.2 Å². The van der Waals surface area contributed by atoms with Crippen molar-refractivity contribution >= 4 is 23.4 Å². The predicted octanol–water partition coefficient (Wildman–Crippen LogP) is 6.93. The van der Waals surface area contributed by atoms with Gasteiger partial charge in [-0.05, 0) is 101 Å². The van der Waals surface area contributed by atoms with Crippen molar-refractivity contribution in [3.8, 4) is 16.9 Å². The number of carbonyl (C=O) groups excluding carboxylic acids is 2. The molecule has 0 unspecified atom stereocenters. The molecule has 0 spiro atoms. The van der Waals surface area contributed by atoms with Crippen LogP contribution in [0.3, 0.4) is 0 Å². The minimum atomic E-state index is -0.638. The van der Waals surface area contributed by atoms with E-state index in [9.17, 15) is 9.59 Å². The molecule has 1 aromatic heterocycles. The molecule has 0 aliphatic heterocycles. The Kier molecular flexibility index (Phi) is 10.5. The van der Waals surface area contributed by atoms with E-state index in [1.807, 2.05) is 102 Å². The summed E-state index contributed by atoms with van der Waals surface area (Å²) in [4.78, 5) is 34.5. The fourth-order valence-corrected chi connectivity index (χ4v) is 4.35. The van der Waals surface area contributed by atoms with Crippen LogP contribution >= 0.6 is 0 Å². The number of ether oxygens (including phenoxy) is 2. The van der Waals surface area contributed by atoms with Gasteiger partial charge in [0.25, 0.3) is 5.91 Å². The first-order valence-corrected chi connectivity index (χ1v) is 14.4. The maximum Gasteiger partial charge on any atom is 0.414 e. The molecule has 4 rings (SSSR count). The van der Waals surface area contributed by atoms with Gasteiger partial charge in [-0.3, -0.25) is 14.7 Å². The van der Waals surface area contributed by atoms with Gasteiger partial charge >= 0.3 is 6.09 Å². The fraction of sp³-hybridized carbons (Fsp3) is 0.286. The lowest BCUT2D eigenvalue weighted by Gasteiger charge is -2.27. The van der Waals surface area contributed by atoms with Gasteiger partial charge in [0.1, 0.15) is 18.0 Å². The molecule has 0 bridgehead atoms. The van der Waals surface area contributed by atoms with Crippen LogP contribution in [0.25, 0.3) is 11.1 Å². The Labute approximate surface area is 254 Å². The van der Waals surface area contributed by atoms with Gasteiger partial charge in [0.2, 0.25) is 0 Å². The summed E-state index contributed by atoms with van der Waals surface area (Å²) >= 11 is 0. The molecule has 0 radical (unpaired) electrons. The van der Waals surface area contributed by atoms with Gasteiger partial charge < -0.3 is 19.7 Å². The second-order valence-corrected chi connectivity index (χ2v) is 11.4. The van der Waals surface area contributed by atoms with Crippen LogP contribution in [-0.4, -0.2) is 61.3 Å². The number of amides is 2. The Morgan fingerprint density at radius 1 is 0.837 bits per heavy atom. The molecule has 43 heavy (non-hydrogen) atoms. The zero-order valence-electron chi connectivity index (χ0n) is 25.5. The first-order chi connectivity index (χ1) is 20.6. The molecular weight excluding hydrogens is 540 g/mol. The average molecular weight is 581 g/mol. The third-order valence-electron chi connectivity index (χ3n) is 6.51. The van der Waals surface area contributed by atoms with Crippen molar-refractivity contribution in [2.75, 3.05) is 44.0 Å². The molecule has 3 aromatic carbocycles. The minimum absolute atomic E-state index is 0.228. The molecule has 224 valence electrons.